The molecule has 0 aromatic heterocycles. The molecule has 6 heteroatoms. The monoisotopic (exact) mass is 320 g/mol. The van der Waals surface area contributed by atoms with Gasteiger partial charge in [0.05, 0.1) is 25.5 Å². The Morgan fingerprint density at radius 3 is 2.61 bits per heavy atom. The molecule has 0 aliphatic carbocycles. The Balaban J connectivity index is 2.04. The lowest BCUT2D eigenvalue weighted by atomic mass is 10.2. The number of carbonyl (C=O) groups excluding carboxylic acids is 2. The number of anilines is 1. The van der Waals surface area contributed by atoms with Gasteiger partial charge in [0.1, 0.15) is 5.75 Å². The summed E-state index contributed by atoms with van der Waals surface area (Å²) in [4.78, 5) is 27.7. The van der Waals surface area contributed by atoms with E-state index in [1.165, 1.54) is 6.92 Å². The number of hydrogen-bond donors (Lipinski definition) is 0. The number of nitrogens with zero attached hydrogens (tertiary/aromatic N) is 2. The molecule has 0 bridgehead atoms. The van der Waals surface area contributed by atoms with Crippen LogP contribution >= 0.6 is 0 Å². The predicted molar refractivity (Wildman–Crippen MR) is 87.7 cm³/mol. The maximum absolute atomic E-state index is 12.3. The van der Waals surface area contributed by atoms with Crippen LogP contribution < -0.4 is 9.64 Å². The van der Waals surface area contributed by atoms with Gasteiger partial charge in [-0.25, -0.2) is 0 Å². The summed E-state index contributed by atoms with van der Waals surface area (Å²) in [6, 6.07) is 7.40. The Morgan fingerprint density at radius 2 is 1.96 bits per heavy atom. The Hall–Kier alpha value is -2.08. The van der Waals surface area contributed by atoms with E-state index in [1.807, 2.05) is 31.2 Å². The SMILES string of the molecule is CCOc1ccccc1N(CCC(=O)N1CCOCC1)C(C)=O. The highest BCUT2D eigenvalue weighted by atomic mass is 16.5. The topological polar surface area (TPSA) is 59.1 Å². The number of carbonyl (C=O) groups is 2. The third-order valence-electron chi connectivity index (χ3n) is 3.75. The van der Waals surface area contributed by atoms with Gasteiger partial charge in [-0.15, -0.1) is 0 Å². The summed E-state index contributed by atoms with van der Waals surface area (Å²) >= 11 is 0. The average Bonchev–Trinajstić information content (AvgIpc) is 2.57. The zero-order valence-electron chi connectivity index (χ0n) is 13.8. The number of morpholine rings is 1. The molecule has 0 spiro atoms. The van der Waals surface area contributed by atoms with Crippen molar-refractivity contribution in [2.24, 2.45) is 0 Å². The summed E-state index contributed by atoms with van der Waals surface area (Å²) in [6.45, 7) is 6.66. The van der Waals surface area contributed by atoms with Gasteiger partial charge in [0, 0.05) is 33.0 Å². The Kier molecular flexibility index (Phi) is 6.40. The molecule has 126 valence electrons. The molecule has 1 aliphatic rings. The minimum Gasteiger partial charge on any atom is -0.492 e. The molecule has 1 aliphatic heterocycles. The zero-order chi connectivity index (χ0) is 16.7. The molecule has 1 aromatic rings. The lowest BCUT2D eigenvalue weighted by Crippen LogP contribution is -2.42. The van der Waals surface area contributed by atoms with E-state index in [1.54, 1.807) is 9.80 Å². The van der Waals surface area contributed by atoms with E-state index in [0.717, 1.165) is 0 Å². The zero-order valence-corrected chi connectivity index (χ0v) is 13.8. The lowest BCUT2D eigenvalue weighted by Gasteiger charge is -2.28. The van der Waals surface area contributed by atoms with Gasteiger partial charge in [-0.3, -0.25) is 9.59 Å². The fraction of sp³-hybridized carbons (Fsp3) is 0.529. The smallest absolute Gasteiger partial charge is 0.224 e. The maximum Gasteiger partial charge on any atom is 0.224 e. The second-order valence-electron chi connectivity index (χ2n) is 5.31. The average molecular weight is 320 g/mol. The van der Waals surface area contributed by atoms with Crippen molar-refractivity contribution in [1.29, 1.82) is 0 Å². The van der Waals surface area contributed by atoms with Gasteiger partial charge in [-0.2, -0.15) is 0 Å². The van der Waals surface area contributed by atoms with Crippen LogP contribution in [0.2, 0.25) is 0 Å². The molecule has 6 nitrogen and oxygen atoms in total. The summed E-state index contributed by atoms with van der Waals surface area (Å²) < 4.78 is 10.8. The molecule has 0 unspecified atom stereocenters. The van der Waals surface area contributed by atoms with Crippen molar-refractivity contribution in [3.8, 4) is 5.75 Å². The number of para-hydroxylation sites is 2. The number of benzene rings is 1. The fourth-order valence-corrected chi connectivity index (χ4v) is 2.58. The highest BCUT2D eigenvalue weighted by Gasteiger charge is 2.21. The molecule has 0 radical (unpaired) electrons. The Morgan fingerprint density at radius 1 is 1.26 bits per heavy atom. The molecule has 0 atom stereocenters. The molecule has 2 amide bonds. The van der Waals surface area contributed by atoms with Gasteiger partial charge in [0.15, 0.2) is 0 Å². The van der Waals surface area contributed by atoms with Crippen LogP contribution in [0.5, 0.6) is 5.75 Å². The molecule has 1 heterocycles. The standard InChI is InChI=1S/C17H24N2O4/c1-3-23-16-7-5-4-6-15(16)19(14(2)20)9-8-17(21)18-10-12-22-13-11-18/h4-7H,3,8-13H2,1-2H3. The van der Waals surface area contributed by atoms with Crippen molar-refractivity contribution in [2.75, 3.05) is 44.4 Å². The minimum absolute atomic E-state index is 0.0495. The molecule has 0 saturated carbocycles. The normalized spacial score (nSPS) is 14.4. The first kappa shape index (κ1) is 17.3. The molecular weight excluding hydrogens is 296 g/mol. The van der Waals surface area contributed by atoms with Crippen molar-refractivity contribution in [3.05, 3.63) is 24.3 Å². The maximum atomic E-state index is 12.3. The quantitative estimate of drug-likeness (QED) is 0.800. The Labute approximate surface area is 137 Å². The highest BCUT2D eigenvalue weighted by Crippen LogP contribution is 2.28. The van der Waals surface area contributed by atoms with Crippen LogP contribution in [0.1, 0.15) is 20.3 Å². The molecule has 1 fully saturated rings. The van der Waals surface area contributed by atoms with Crippen LogP contribution in [-0.2, 0) is 14.3 Å². The largest absolute Gasteiger partial charge is 0.492 e. The summed E-state index contributed by atoms with van der Waals surface area (Å²) in [5, 5.41) is 0. The predicted octanol–water partition coefficient (Wildman–Crippen LogP) is 1.69. The number of hydrogen-bond acceptors (Lipinski definition) is 4. The third-order valence-corrected chi connectivity index (χ3v) is 3.75. The Bertz CT molecular complexity index is 541. The van der Waals surface area contributed by atoms with E-state index in [2.05, 4.69) is 0 Å². The number of rotatable bonds is 6. The first-order valence-electron chi connectivity index (χ1n) is 7.99. The molecule has 2 rings (SSSR count). The van der Waals surface area contributed by atoms with Crippen LogP contribution in [-0.4, -0.2) is 56.2 Å². The van der Waals surface area contributed by atoms with Crippen molar-refractivity contribution < 1.29 is 19.1 Å². The fourth-order valence-electron chi connectivity index (χ4n) is 2.58. The molecule has 1 saturated heterocycles. The second kappa shape index (κ2) is 8.53. The number of ether oxygens (including phenoxy) is 2. The van der Waals surface area contributed by atoms with E-state index < -0.39 is 0 Å². The summed E-state index contributed by atoms with van der Waals surface area (Å²) in [5.74, 6) is 0.601. The van der Waals surface area contributed by atoms with Crippen molar-refractivity contribution >= 4 is 17.5 Å². The first-order valence-corrected chi connectivity index (χ1v) is 7.99. The molecule has 23 heavy (non-hydrogen) atoms. The third kappa shape index (κ3) is 4.69. The van der Waals surface area contributed by atoms with Gasteiger partial charge in [-0.05, 0) is 19.1 Å². The van der Waals surface area contributed by atoms with Crippen LogP contribution in [0.15, 0.2) is 24.3 Å². The van der Waals surface area contributed by atoms with Crippen molar-refractivity contribution in [3.63, 3.8) is 0 Å². The van der Waals surface area contributed by atoms with Crippen LogP contribution in [0.3, 0.4) is 0 Å². The van der Waals surface area contributed by atoms with Gasteiger partial charge in [-0.1, -0.05) is 12.1 Å². The van der Waals surface area contributed by atoms with Crippen molar-refractivity contribution in [1.82, 2.24) is 4.90 Å². The summed E-state index contributed by atoms with van der Waals surface area (Å²) in [7, 11) is 0. The molecular formula is C17H24N2O4. The van der Waals surface area contributed by atoms with Gasteiger partial charge in [0.2, 0.25) is 11.8 Å². The first-order chi connectivity index (χ1) is 11.1. The lowest BCUT2D eigenvalue weighted by molar-refractivity contribution is -0.135. The minimum atomic E-state index is -0.105. The van der Waals surface area contributed by atoms with Gasteiger partial charge in [0.25, 0.3) is 0 Å². The highest BCUT2D eigenvalue weighted by molar-refractivity contribution is 5.93. The van der Waals surface area contributed by atoms with E-state index in [4.69, 9.17) is 9.47 Å². The van der Waals surface area contributed by atoms with E-state index in [0.29, 0.717) is 57.3 Å². The van der Waals surface area contributed by atoms with E-state index in [9.17, 15) is 9.59 Å². The number of amides is 2. The van der Waals surface area contributed by atoms with Crippen LogP contribution in [0, 0.1) is 0 Å². The van der Waals surface area contributed by atoms with Crippen LogP contribution in [0.25, 0.3) is 0 Å². The van der Waals surface area contributed by atoms with Gasteiger partial charge >= 0.3 is 0 Å². The summed E-state index contributed by atoms with van der Waals surface area (Å²) in [6.07, 6.45) is 0.292. The van der Waals surface area contributed by atoms with E-state index >= 15 is 0 Å². The van der Waals surface area contributed by atoms with Crippen LogP contribution in [0.4, 0.5) is 5.69 Å². The molecule has 0 N–H and O–H groups in total. The summed E-state index contributed by atoms with van der Waals surface area (Å²) in [5.41, 5.74) is 0.705. The molecule has 1 aromatic carbocycles. The van der Waals surface area contributed by atoms with Crippen molar-refractivity contribution in [2.45, 2.75) is 20.3 Å². The second-order valence-corrected chi connectivity index (χ2v) is 5.31. The van der Waals surface area contributed by atoms with E-state index in [-0.39, 0.29) is 11.8 Å². The van der Waals surface area contributed by atoms with Gasteiger partial charge < -0.3 is 19.3 Å².